The van der Waals surface area contributed by atoms with E-state index in [0.717, 1.165) is 24.0 Å². The molecule has 4 nitrogen and oxygen atoms in total. The molecular weight excluding hydrogens is 324 g/mol. The molecule has 1 heterocycles. The highest BCUT2D eigenvalue weighted by Crippen LogP contribution is 2.14. The largest absolute Gasteiger partial charge is 0.349 e. The Morgan fingerprint density at radius 3 is 2.35 bits per heavy atom. The van der Waals surface area contributed by atoms with Gasteiger partial charge in [0.15, 0.2) is 0 Å². The minimum atomic E-state index is -0.0465. The van der Waals surface area contributed by atoms with Crippen LogP contribution in [-0.2, 0) is 4.79 Å². The maximum Gasteiger partial charge on any atom is 0.251 e. The van der Waals surface area contributed by atoms with Crippen molar-refractivity contribution in [1.29, 1.82) is 0 Å². The second-order valence-electron chi connectivity index (χ2n) is 6.63. The number of piperidine rings is 1. The summed E-state index contributed by atoms with van der Waals surface area (Å²) in [5.41, 5.74) is 2.89. The number of rotatable bonds is 4. The number of amides is 2. The number of aryl methyl sites for hydroxylation is 1. The third-order valence-corrected chi connectivity index (χ3v) is 4.77. The summed E-state index contributed by atoms with van der Waals surface area (Å²) in [5, 5.41) is 3.07. The second-order valence-corrected chi connectivity index (χ2v) is 6.63. The van der Waals surface area contributed by atoms with Gasteiger partial charge in [-0.2, -0.15) is 0 Å². The van der Waals surface area contributed by atoms with Crippen molar-refractivity contribution >= 4 is 17.9 Å². The average molecular weight is 348 g/mol. The molecule has 1 aliphatic heterocycles. The Labute approximate surface area is 154 Å². The number of benzene rings is 2. The molecule has 0 atom stereocenters. The van der Waals surface area contributed by atoms with Crippen LogP contribution in [0.4, 0.5) is 0 Å². The van der Waals surface area contributed by atoms with Crippen LogP contribution in [0.2, 0.25) is 0 Å². The molecular formula is C22H24N2O2. The molecule has 0 aromatic heterocycles. The lowest BCUT2D eigenvalue weighted by Gasteiger charge is -2.31. The highest BCUT2D eigenvalue weighted by molar-refractivity contribution is 5.94. The Morgan fingerprint density at radius 1 is 1.00 bits per heavy atom. The standard InChI is InChI=1S/C22H24N2O2/c1-17-7-5-6-8-18(17)11-12-21(25)24-15-13-20(14-16-24)23-22(26)19-9-3-2-4-10-19/h2-12,20H,13-16H2,1H3,(H,23,26)/b12-11+. The summed E-state index contributed by atoms with van der Waals surface area (Å²) in [6.45, 7) is 3.36. The first-order valence-electron chi connectivity index (χ1n) is 9.02. The van der Waals surface area contributed by atoms with Gasteiger partial charge in [-0.3, -0.25) is 9.59 Å². The average Bonchev–Trinajstić information content (AvgIpc) is 2.68. The van der Waals surface area contributed by atoms with Crippen molar-refractivity contribution in [2.24, 2.45) is 0 Å². The molecule has 134 valence electrons. The predicted molar refractivity (Wildman–Crippen MR) is 104 cm³/mol. The minimum Gasteiger partial charge on any atom is -0.349 e. The number of hydrogen-bond acceptors (Lipinski definition) is 2. The van der Waals surface area contributed by atoms with Crippen LogP contribution in [0.5, 0.6) is 0 Å². The van der Waals surface area contributed by atoms with Crippen molar-refractivity contribution in [3.05, 3.63) is 77.4 Å². The lowest BCUT2D eigenvalue weighted by atomic mass is 10.0. The summed E-state index contributed by atoms with van der Waals surface area (Å²) in [6, 6.07) is 17.3. The number of hydrogen-bond donors (Lipinski definition) is 1. The second kappa shape index (κ2) is 8.48. The zero-order valence-electron chi connectivity index (χ0n) is 15.0. The van der Waals surface area contributed by atoms with Crippen molar-refractivity contribution in [2.75, 3.05) is 13.1 Å². The van der Waals surface area contributed by atoms with E-state index in [1.165, 1.54) is 0 Å². The van der Waals surface area contributed by atoms with Gasteiger partial charge in [-0.15, -0.1) is 0 Å². The van der Waals surface area contributed by atoms with Crippen molar-refractivity contribution in [3.8, 4) is 0 Å². The molecule has 3 rings (SSSR count). The van der Waals surface area contributed by atoms with Crippen LogP contribution in [-0.4, -0.2) is 35.8 Å². The maximum atomic E-state index is 12.4. The van der Waals surface area contributed by atoms with Gasteiger partial charge in [0.2, 0.25) is 5.91 Å². The molecule has 26 heavy (non-hydrogen) atoms. The summed E-state index contributed by atoms with van der Waals surface area (Å²) < 4.78 is 0. The van der Waals surface area contributed by atoms with Crippen molar-refractivity contribution in [3.63, 3.8) is 0 Å². The van der Waals surface area contributed by atoms with Gasteiger partial charge in [0.25, 0.3) is 5.91 Å². The first-order valence-corrected chi connectivity index (χ1v) is 9.02. The van der Waals surface area contributed by atoms with Gasteiger partial charge < -0.3 is 10.2 Å². The molecule has 0 aliphatic carbocycles. The molecule has 0 saturated carbocycles. The van der Waals surface area contributed by atoms with E-state index in [0.29, 0.717) is 18.7 Å². The number of carbonyl (C=O) groups is 2. The van der Waals surface area contributed by atoms with Gasteiger partial charge in [-0.05, 0) is 49.1 Å². The monoisotopic (exact) mass is 348 g/mol. The first-order chi connectivity index (χ1) is 12.6. The molecule has 1 fully saturated rings. The number of nitrogens with one attached hydrogen (secondary N) is 1. The van der Waals surface area contributed by atoms with Gasteiger partial charge in [-0.25, -0.2) is 0 Å². The Kier molecular flexibility index (Phi) is 5.84. The van der Waals surface area contributed by atoms with Crippen molar-refractivity contribution in [2.45, 2.75) is 25.8 Å². The lowest BCUT2D eigenvalue weighted by molar-refractivity contribution is -0.126. The summed E-state index contributed by atoms with van der Waals surface area (Å²) in [6.07, 6.45) is 5.08. The highest BCUT2D eigenvalue weighted by Gasteiger charge is 2.23. The van der Waals surface area contributed by atoms with E-state index in [4.69, 9.17) is 0 Å². The third-order valence-electron chi connectivity index (χ3n) is 4.77. The highest BCUT2D eigenvalue weighted by atomic mass is 16.2. The molecule has 2 aromatic rings. The van der Waals surface area contributed by atoms with Crippen LogP contribution in [0.3, 0.4) is 0 Å². The SMILES string of the molecule is Cc1ccccc1/C=C/C(=O)N1CCC(NC(=O)c2ccccc2)CC1. The fourth-order valence-electron chi connectivity index (χ4n) is 3.14. The summed E-state index contributed by atoms with van der Waals surface area (Å²) in [7, 11) is 0. The molecule has 0 spiro atoms. The van der Waals surface area contributed by atoms with Gasteiger partial charge in [0.1, 0.15) is 0 Å². The van der Waals surface area contributed by atoms with Gasteiger partial charge in [-0.1, -0.05) is 42.5 Å². The van der Waals surface area contributed by atoms with Crippen LogP contribution in [0, 0.1) is 6.92 Å². The topological polar surface area (TPSA) is 49.4 Å². The van der Waals surface area contributed by atoms with E-state index in [9.17, 15) is 9.59 Å². The number of likely N-dealkylation sites (tertiary alicyclic amines) is 1. The molecule has 1 aliphatic rings. The van der Waals surface area contributed by atoms with Gasteiger partial charge >= 0.3 is 0 Å². The smallest absolute Gasteiger partial charge is 0.251 e. The van der Waals surface area contributed by atoms with Crippen molar-refractivity contribution in [1.82, 2.24) is 10.2 Å². The fourth-order valence-corrected chi connectivity index (χ4v) is 3.14. The minimum absolute atomic E-state index is 0.0288. The van der Waals surface area contributed by atoms with Crippen molar-refractivity contribution < 1.29 is 9.59 Å². The molecule has 2 amide bonds. The van der Waals surface area contributed by atoms with E-state index in [2.05, 4.69) is 5.32 Å². The lowest BCUT2D eigenvalue weighted by Crippen LogP contribution is -2.46. The number of carbonyl (C=O) groups excluding carboxylic acids is 2. The van der Waals surface area contributed by atoms with E-state index >= 15 is 0 Å². The molecule has 1 N–H and O–H groups in total. The Balaban J connectivity index is 1.49. The Morgan fingerprint density at radius 2 is 1.65 bits per heavy atom. The zero-order chi connectivity index (χ0) is 18.4. The van der Waals surface area contributed by atoms with Crippen LogP contribution in [0.1, 0.15) is 34.3 Å². The molecule has 4 heteroatoms. The molecule has 0 radical (unpaired) electrons. The van der Waals surface area contributed by atoms with E-state index in [-0.39, 0.29) is 17.9 Å². The van der Waals surface area contributed by atoms with Crippen LogP contribution >= 0.6 is 0 Å². The zero-order valence-corrected chi connectivity index (χ0v) is 15.0. The number of nitrogens with zero attached hydrogens (tertiary/aromatic N) is 1. The van der Waals surface area contributed by atoms with E-state index in [1.54, 1.807) is 6.08 Å². The van der Waals surface area contributed by atoms with Gasteiger partial charge in [0, 0.05) is 30.8 Å². The van der Waals surface area contributed by atoms with Crippen LogP contribution in [0.15, 0.2) is 60.7 Å². The third kappa shape index (κ3) is 4.60. The summed E-state index contributed by atoms with van der Waals surface area (Å²) >= 11 is 0. The Hall–Kier alpha value is -2.88. The van der Waals surface area contributed by atoms with Gasteiger partial charge in [0.05, 0.1) is 0 Å². The molecule has 0 bridgehead atoms. The van der Waals surface area contributed by atoms with E-state index in [1.807, 2.05) is 72.5 Å². The molecule has 0 unspecified atom stereocenters. The fraction of sp³-hybridized carbons (Fsp3) is 0.273. The maximum absolute atomic E-state index is 12.4. The van der Waals surface area contributed by atoms with E-state index < -0.39 is 0 Å². The first kappa shape index (κ1) is 17.9. The summed E-state index contributed by atoms with van der Waals surface area (Å²) in [5.74, 6) is -0.0177. The van der Waals surface area contributed by atoms with Crippen LogP contribution < -0.4 is 5.32 Å². The Bertz CT molecular complexity index is 791. The predicted octanol–water partition coefficient (Wildman–Crippen LogP) is 3.43. The quantitative estimate of drug-likeness (QED) is 0.861. The normalized spacial score (nSPS) is 15.2. The molecule has 1 saturated heterocycles. The molecule has 2 aromatic carbocycles. The van der Waals surface area contributed by atoms with Crippen LogP contribution in [0.25, 0.3) is 6.08 Å². The summed E-state index contributed by atoms with van der Waals surface area (Å²) in [4.78, 5) is 26.4.